The molecule has 1 fully saturated rings. The zero-order valence-electron chi connectivity index (χ0n) is 17.8. The molecule has 0 spiro atoms. The topological polar surface area (TPSA) is 54.0 Å². The van der Waals surface area contributed by atoms with Gasteiger partial charge in [0.1, 0.15) is 0 Å². The molecule has 156 valence electrons. The summed E-state index contributed by atoms with van der Waals surface area (Å²) in [4.78, 5) is 17.5. The van der Waals surface area contributed by atoms with Crippen molar-refractivity contribution in [1.29, 1.82) is 0 Å². The molecule has 1 N–H and O–H groups in total. The summed E-state index contributed by atoms with van der Waals surface area (Å²) in [6.07, 6.45) is 0. The second kappa shape index (κ2) is 9.65. The summed E-state index contributed by atoms with van der Waals surface area (Å²) in [5.74, 6) is 1.07. The highest BCUT2D eigenvalue weighted by molar-refractivity contribution is 6.04. The minimum atomic E-state index is -0.166. The Hall–Kier alpha value is -2.73. The molecule has 1 aliphatic rings. The number of aryl methyl sites for hydroxylation is 1. The molecule has 1 amide bonds. The van der Waals surface area contributed by atoms with Crippen LogP contribution in [0.5, 0.6) is 11.5 Å². The predicted octanol–water partition coefficient (Wildman–Crippen LogP) is 3.80. The molecule has 1 aliphatic heterocycles. The maximum Gasteiger partial charge on any atom is 0.255 e. The lowest BCUT2D eigenvalue weighted by Crippen LogP contribution is -2.44. The Morgan fingerprint density at radius 3 is 2.31 bits per heavy atom. The molecule has 0 aromatic heterocycles. The summed E-state index contributed by atoms with van der Waals surface area (Å²) in [5.41, 5.74) is 3.72. The van der Waals surface area contributed by atoms with Gasteiger partial charge in [-0.15, -0.1) is 0 Å². The number of hydrogen-bond acceptors (Lipinski definition) is 5. The Morgan fingerprint density at radius 1 is 0.966 bits per heavy atom. The van der Waals surface area contributed by atoms with Gasteiger partial charge < -0.3 is 24.6 Å². The molecule has 3 rings (SSSR count). The average molecular weight is 398 g/mol. The number of anilines is 2. The highest BCUT2D eigenvalue weighted by Gasteiger charge is 2.17. The first kappa shape index (κ1) is 21.0. The number of amides is 1. The smallest absolute Gasteiger partial charge is 0.255 e. The van der Waals surface area contributed by atoms with E-state index in [0.29, 0.717) is 30.3 Å². The molecule has 0 unspecified atom stereocenters. The Kier molecular flexibility index (Phi) is 6.99. The van der Waals surface area contributed by atoms with Gasteiger partial charge in [-0.3, -0.25) is 4.79 Å². The number of carbonyl (C=O) groups is 1. The van der Waals surface area contributed by atoms with E-state index in [1.165, 1.54) is 5.69 Å². The molecule has 1 heterocycles. The zero-order valence-corrected chi connectivity index (χ0v) is 17.8. The minimum Gasteiger partial charge on any atom is -0.490 e. The van der Waals surface area contributed by atoms with Crippen LogP contribution in [0, 0.1) is 6.92 Å². The molecule has 0 saturated carbocycles. The van der Waals surface area contributed by atoms with Crippen LogP contribution >= 0.6 is 0 Å². The van der Waals surface area contributed by atoms with E-state index < -0.39 is 0 Å². The second-order valence-electron chi connectivity index (χ2n) is 7.27. The van der Waals surface area contributed by atoms with Crippen molar-refractivity contribution in [3.8, 4) is 11.5 Å². The van der Waals surface area contributed by atoms with E-state index in [9.17, 15) is 4.79 Å². The van der Waals surface area contributed by atoms with Crippen LogP contribution in [0.15, 0.2) is 36.4 Å². The van der Waals surface area contributed by atoms with Gasteiger partial charge in [-0.25, -0.2) is 0 Å². The standard InChI is InChI=1S/C23H31N3O3/c1-5-28-21-10-7-18(16-22(21)29-6-2)23(27)24-19-8-9-20(17(3)15-19)26-13-11-25(4)12-14-26/h7-10,15-16H,5-6,11-14H2,1-4H3,(H,24,27). The average Bonchev–Trinajstić information content (AvgIpc) is 2.70. The van der Waals surface area contributed by atoms with Crippen LogP contribution in [0.4, 0.5) is 11.4 Å². The lowest BCUT2D eigenvalue weighted by Gasteiger charge is -2.35. The normalized spacial score (nSPS) is 14.6. The molecule has 6 nitrogen and oxygen atoms in total. The number of nitrogens with zero attached hydrogens (tertiary/aromatic N) is 2. The van der Waals surface area contributed by atoms with Crippen molar-refractivity contribution >= 4 is 17.3 Å². The number of nitrogens with one attached hydrogen (secondary N) is 1. The third-order valence-corrected chi connectivity index (χ3v) is 5.10. The summed E-state index contributed by atoms with van der Waals surface area (Å²) in [7, 11) is 2.15. The van der Waals surface area contributed by atoms with Gasteiger partial charge in [0, 0.05) is 43.1 Å². The molecule has 0 radical (unpaired) electrons. The first-order chi connectivity index (χ1) is 14.0. The van der Waals surface area contributed by atoms with Crippen molar-refractivity contribution in [3.63, 3.8) is 0 Å². The minimum absolute atomic E-state index is 0.166. The maximum absolute atomic E-state index is 12.8. The Balaban J connectivity index is 1.72. The number of hydrogen-bond donors (Lipinski definition) is 1. The van der Waals surface area contributed by atoms with E-state index in [-0.39, 0.29) is 5.91 Å². The molecule has 0 atom stereocenters. The first-order valence-corrected chi connectivity index (χ1v) is 10.3. The predicted molar refractivity (Wildman–Crippen MR) is 118 cm³/mol. The van der Waals surface area contributed by atoms with Crippen molar-refractivity contribution in [2.24, 2.45) is 0 Å². The number of likely N-dealkylation sites (N-methyl/N-ethyl adjacent to an activating group) is 1. The molecule has 6 heteroatoms. The van der Waals surface area contributed by atoms with Crippen LogP contribution in [-0.4, -0.2) is 57.2 Å². The third-order valence-electron chi connectivity index (χ3n) is 5.10. The van der Waals surface area contributed by atoms with Crippen LogP contribution < -0.4 is 19.7 Å². The zero-order chi connectivity index (χ0) is 20.8. The number of rotatable bonds is 7. The fourth-order valence-corrected chi connectivity index (χ4v) is 3.53. The van der Waals surface area contributed by atoms with Gasteiger partial charge >= 0.3 is 0 Å². The monoisotopic (exact) mass is 397 g/mol. The summed E-state index contributed by atoms with van der Waals surface area (Å²) >= 11 is 0. The van der Waals surface area contributed by atoms with E-state index in [1.54, 1.807) is 18.2 Å². The quantitative estimate of drug-likeness (QED) is 0.770. The van der Waals surface area contributed by atoms with E-state index >= 15 is 0 Å². The molecule has 29 heavy (non-hydrogen) atoms. The molecule has 0 aliphatic carbocycles. The van der Waals surface area contributed by atoms with Crippen molar-refractivity contribution in [2.45, 2.75) is 20.8 Å². The largest absolute Gasteiger partial charge is 0.490 e. The maximum atomic E-state index is 12.8. The second-order valence-corrected chi connectivity index (χ2v) is 7.27. The van der Waals surface area contributed by atoms with Gasteiger partial charge in [0.15, 0.2) is 11.5 Å². The molecule has 2 aromatic carbocycles. The van der Waals surface area contributed by atoms with Crippen LogP contribution in [0.2, 0.25) is 0 Å². The van der Waals surface area contributed by atoms with Gasteiger partial charge in [-0.2, -0.15) is 0 Å². The van der Waals surface area contributed by atoms with Crippen molar-refractivity contribution < 1.29 is 14.3 Å². The Morgan fingerprint density at radius 2 is 1.66 bits per heavy atom. The number of piperazine rings is 1. The molecular weight excluding hydrogens is 366 g/mol. The Labute approximate surface area is 173 Å². The van der Waals surface area contributed by atoms with E-state index in [2.05, 4.69) is 35.2 Å². The van der Waals surface area contributed by atoms with Crippen LogP contribution in [-0.2, 0) is 0 Å². The fourth-order valence-electron chi connectivity index (χ4n) is 3.53. The van der Waals surface area contributed by atoms with Crippen LogP contribution in [0.1, 0.15) is 29.8 Å². The van der Waals surface area contributed by atoms with E-state index in [1.807, 2.05) is 26.0 Å². The van der Waals surface area contributed by atoms with Crippen LogP contribution in [0.25, 0.3) is 0 Å². The van der Waals surface area contributed by atoms with Crippen molar-refractivity contribution in [3.05, 3.63) is 47.5 Å². The lowest BCUT2D eigenvalue weighted by molar-refractivity contribution is 0.102. The summed E-state index contributed by atoms with van der Waals surface area (Å²) < 4.78 is 11.2. The summed E-state index contributed by atoms with van der Waals surface area (Å²) in [5, 5.41) is 2.99. The molecule has 2 aromatic rings. The number of carbonyl (C=O) groups excluding carboxylic acids is 1. The number of benzene rings is 2. The highest BCUT2D eigenvalue weighted by Crippen LogP contribution is 2.29. The molecular formula is C23H31N3O3. The van der Waals surface area contributed by atoms with Gasteiger partial charge in [-0.1, -0.05) is 0 Å². The molecule has 1 saturated heterocycles. The van der Waals surface area contributed by atoms with Gasteiger partial charge in [0.05, 0.1) is 13.2 Å². The summed E-state index contributed by atoms with van der Waals surface area (Å²) in [6.45, 7) is 11.2. The van der Waals surface area contributed by atoms with Crippen molar-refractivity contribution in [2.75, 3.05) is 56.7 Å². The van der Waals surface area contributed by atoms with E-state index in [0.717, 1.165) is 37.4 Å². The SMILES string of the molecule is CCOc1ccc(C(=O)Nc2ccc(N3CCN(C)CC3)c(C)c2)cc1OCC. The lowest BCUT2D eigenvalue weighted by atomic mass is 10.1. The first-order valence-electron chi connectivity index (χ1n) is 10.3. The highest BCUT2D eigenvalue weighted by atomic mass is 16.5. The van der Waals surface area contributed by atoms with E-state index in [4.69, 9.17) is 9.47 Å². The Bertz CT molecular complexity index is 845. The summed E-state index contributed by atoms with van der Waals surface area (Å²) in [6, 6.07) is 11.4. The van der Waals surface area contributed by atoms with Gasteiger partial charge in [0.25, 0.3) is 5.91 Å². The fraction of sp³-hybridized carbons (Fsp3) is 0.435. The van der Waals surface area contributed by atoms with Gasteiger partial charge in [-0.05, 0) is 69.8 Å². The van der Waals surface area contributed by atoms with Crippen molar-refractivity contribution in [1.82, 2.24) is 4.90 Å². The third kappa shape index (κ3) is 5.21. The van der Waals surface area contributed by atoms with Gasteiger partial charge in [0.2, 0.25) is 0 Å². The molecule has 0 bridgehead atoms. The van der Waals surface area contributed by atoms with Crippen LogP contribution in [0.3, 0.4) is 0 Å². The number of ether oxygens (including phenoxy) is 2.